The van der Waals surface area contributed by atoms with Crippen molar-refractivity contribution in [3.05, 3.63) is 224 Å². The molecule has 10 rings (SSSR count). The Balaban J connectivity index is 1.25. The summed E-state index contributed by atoms with van der Waals surface area (Å²) in [4.78, 5) is 1.19. The first-order chi connectivity index (χ1) is 32.7. The zero-order valence-corrected chi connectivity index (χ0v) is 29.3. The van der Waals surface area contributed by atoms with E-state index in [4.69, 9.17) is 6.85 Å². The molecule has 0 bridgehead atoms. The van der Waals surface area contributed by atoms with Crippen LogP contribution >= 0.6 is 0 Å². The molecular formula is C54H37N. The highest BCUT2D eigenvalue weighted by molar-refractivity contribution is 6.14. The van der Waals surface area contributed by atoms with Crippen LogP contribution in [-0.2, 0) is 0 Å². The Bertz CT molecular complexity index is 3640. The summed E-state index contributed by atoms with van der Waals surface area (Å²) >= 11 is 0. The van der Waals surface area contributed by atoms with Gasteiger partial charge in [0.2, 0.25) is 0 Å². The summed E-state index contributed by atoms with van der Waals surface area (Å²) in [6.07, 6.45) is 0. The Labute approximate surface area is 340 Å². The van der Waals surface area contributed by atoms with E-state index >= 15 is 0 Å². The van der Waals surface area contributed by atoms with Crippen LogP contribution in [0.5, 0.6) is 0 Å². The lowest BCUT2D eigenvalue weighted by Crippen LogP contribution is -2.09. The average Bonchev–Trinajstić information content (AvgIpc) is 3.37. The van der Waals surface area contributed by atoms with Crippen molar-refractivity contribution in [2.75, 3.05) is 4.90 Å². The van der Waals surface area contributed by atoms with Crippen molar-refractivity contribution in [3.63, 3.8) is 0 Å². The SMILES string of the molecule is [2H]c1c([2H])c([2H])c(-c2c([2H])c([2H])c(N(c3ccc(-c4cc5ccccc5c5ccccc45)cc3)c3c([2H])c([2H])c(-c4c(-c5ccccc5)ccc5ccccc45)c([2H])c3[2H])c([2H])c2[2H])c([2H])c1[2H]. The third kappa shape index (κ3) is 6.02. The maximum Gasteiger partial charge on any atom is 0.0645 e. The number of anilines is 3. The van der Waals surface area contributed by atoms with Crippen LogP contribution in [0.3, 0.4) is 0 Å². The van der Waals surface area contributed by atoms with Crippen molar-refractivity contribution >= 4 is 49.4 Å². The molecule has 0 spiro atoms. The Morgan fingerprint density at radius 1 is 0.309 bits per heavy atom. The van der Waals surface area contributed by atoms with Crippen LogP contribution in [-0.4, -0.2) is 0 Å². The van der Waals surface area contributed by atoms with E-state index in [1.165, 1.54) is 4.90 Å². The number of rotatable bonds is 7. The van der Waals surface area contributed by atoms with Gasteiger partial charge in [-0.25, -0.2) is 0 Å². The highest BCUT2D eigenvalue weighted by atomic mass is 15.1. The quantitative estimate of drug-likeness (QED) is 0.149. The van der Waals surface area contributed by atoms with Crippen LogP contribution in [0.4, 0.5) is 17.1 Å². The molecule has 258 valence electrons. The second kappa shape index (κ2) is 14.0. The maximum absolute atomic E-state index is 9.77. The Morgan fingerprint density at radius 2 is 0.855 bits per heavy atom. The molecule has 0 aromatic heterocycles. The molecule has 1 nitrogen and oxygen atoms in total. The van der Waals surface area contributed by atoms with E-state index < -0.39 is 95.4 Å². The number of hydrogen-bond acceptors (Lipinski definition) is 1. The lowest BCUT2D eigenvalue weighted by atomic mass is 9.89. The van der Waals surface area contributed by atoms with Crippen LogP contribution in [0.2, 0.25) is 0 Å². The summed E-state index contributed by atoms with van der Waals surface area (Å²) < 4.78 is 119. The van der Waals surface area contributed by atoms with Gasteiger partial charge in [0.05, 0.1) is 17.8 Å². The summed E-state index contributed by atoms with van der Waals surface area (Å²) in [5.74, 6) is 0. The Morgan fingerprint density at radius 3 is 1.56 bits per heavy atom. The highest BCUT2D eigenvalue weighted by Crippen LogP contribution is 2.42. The van der Waals surface area contributed by atoms with Crippen molar-refractivity contribution in [3.8, 4) is 44.5 Å². The van der Waals surface area contributed by atoms with Crippen LogP contribution < -0.4 is 4.90 Å². The van der Waals surface area contributed by atoms with Crippen molar-refractivity contribution < 1.29 is 17.8 Å². The number of nitrogens with zero attached hydrogens (tertiary/aromatic N) is 1. The smallest absolute Gasteiger partial charge is 0.0645 e. The Hall–Kier alpha value is -7.22. The summed E-state index contributed by atoms with van der Waals surface area (Å²) in [5.41, 5.74) is 1.99. The molecule has 0 heterocycles. The predicted octanol–water partition coefficient (Wildman–Crippen LogP) is 15.3. The van der Waals surface area contributed by atoms with E-state index in [-0.39, 0.29) is 16.9 Å². The minimum atomic E-state index is -0.737. The fourth-order valence-corrected chi connectivity index (χ4v) is 7.31. The number of benzene rings is 10. The number of fused-ring (bicyclic) bond motifs is 4. The molecular weight excluding hydrogens is 663 g/mol. The summed E-state index contributed by atoms with van der Waals surface area (Å²) in [5, 5.41) is 5.62. The van der Waals surface area contributed by atoms with Crippen molar-refractivity contribution in [1.29, 1.82) is 0 Å². The van der Waals surface area contributed by atoms with Gasteiger partial charge in [0.15, 0.2) is 0 Å². The highest BCUT2D eigenvalue weighted by Gasteiger charge is 2.17. The zero-order chi connectivity index (χ0) is 47.9. The van der Waals surface area contributed by atoms with Gasteiger partial charge < -0.3 is 4.90 Å². The third-order valence-electron chi connectivity index (χ3n) is 9.89. The number of hydrogen-bond donors (Lipinski definition) is 0. The molecule has 0 fully saturated rings. The van der Waals surface area contributed by atoms with Gasteiger partial charge in [-0.1, -0.05) is 182 Å². The minimum Gasteiger partial charge on any atom is -0.311 e. The summed E-state index contributed by atoms with van der Waals surface area (Å²) in [6, 6.07) is 37.5. The van der Waals surface area contributed by atoms with Gasteiger partial charge in [-0.05, 0) is 119 Å². The molecule has 55 heavy (non-hydrogen) atoms. The largest absolute Gasteiger partial charge is 0.311 e. The van der Waals surface area contributed by atoms with Gasteiger partial charge in [0, 0.05) is 17.1 Å². The van der Waals surface area contributed by atoms with Crippen molar-refractivity contribution in [1.82, 2.24) is 0 Å². The molecule has 0 radical (unpaired) electrons. The van der Waals surface area contributed by atoms with Crippen molar-refractivity contribution in [2.24, 2.45) is 0 Å². The molecule has 0 aliphatic carbocycles. The van der Waals surface area contributed by atoms with Gasteiger partial charge in [-0.3, -0.25) is 0 Å². The van der Waals surface area contributed by atoms with Crippen molar-refractivity contribution in [2.45, 2.75) is 0 Å². The van der Waals surface area contributed by atoms with Crippen LogP contribution in [0.1, 0.15) is 17.8 Å². The summed E-state index contributed by atoms with van der Waals surface area (Å²) in [6.45, 7) is 0. The molecule has 0 atom stereocenters. The molecule has 0 amide bonds. The average molecular weight is 713 g/mol. The second-order valence-electron chi connectivity index (χ2n) is 13.1. The monoisotopic (exact) mass is 712 g/mol. The van der Waals surface area contributed by atoms with Crippen LogP contribution in [0, 0.1) is 0 Å². The molecule has 0 unspecified atom stereocenters. The Kier molecular flexibility index (Phi) is 5.45. The van der Waals surface area contributed by atoms with Gasteiger partial charge in [-0.2, -0.15) is 0 Å². The first-order valence-electron chi connectivity index (χ1n) is 24.4. The first-order valence-corrected chi connectivity index (χ1v) is 17.9. The molecule has 0 saturated heterocycles. The molecule has 10 aromatic carbocycles. The third-order valence-corrected chi connectivity index (χ3v) is 9.89. The standard InChI is InChI=1S/C54H37N/c1-3-13-38(14-4-1)39-23-30-45(31-24-39)55(46-32-25-42(26-33-46)53-37-44-18-8-9-19-48(44)51-21-11-12-22-52(51)53)47-34-27-43(28-35-47)54-49-20-10-7-17-41(49)29-36-50(54)40-15-5-2-6-16-40/h1-37H/i1D,3D,4D,13D,14D,23D,24D,27D,28D,30D,31D,34D,35D. The molecule has 0 N–H and O–H groups in total. The first kappa shape index (κ1) is 21.5. The van der Waals surface area contributed by atoms with E-state index in [9.17, 15) is 11.0 Å². The van der Waals surface area contributed by atoms with Gasteiger partial charge in [-0.15, -0.1) is 0 Å². The molecule has 0 saturated carbocycles. The van der Waals surface area contributed by atoms with E-state index in [1.54, 1.807) is 12.1 Å². The van der Waals surface area contributed by atoms with E-state index in [1.807, 2.05) is 115 Å². The molecule has 0 aliphatic heterocycles. The lowest BCUT2D eigenvalue weighted by Gasteiger charge is -2.26. The predicted molar refractivity (Wildman–Crippen MR) is 235 cm³/mol. The minimum absolute atomic E-state index is 0.0222. The van der Waals surface area contributed by atoms with E-state index in [0.717, 1.165) is 43.6 Å². The van der Waals surface area contributed by atoms with Gasteiger partial charge >= 0.3 is 0 Å². The van der Waals surface area contributed by atoms with Gasteiger partial charge in [0.25, 0.3) is 0 Å². The van der Waals surface area contributed by atoms with E-state index in [0.29, 0.717) is 16.5 Å². The van der Waals surface area contributed by atoms with Gasteiger partial charge in [0.1, 0.15) is 0 Å². The van der Waals surface area contributed by atoms with Crippen LogP contribution in [0.25, 0.3) is 76.8 Å². The molecule has 0 aliphatic rings. The zero-order valence-electron chi connectivity index (χ0n) is 42.3. The van der Waals surface area contributed by atoms with E-state index in [2.05, 4.69) is 18.2 Å². The normalized spacial score (nSPS) is 14.6. The van der Waals surface area contributed by atoms with Crippen LogP contribution in [0.15, 0.2) is 224 Å². The fraction of sp³-hybridized carbons (Fsp3) is 0. The maximum atomic E-state index is 9.77. The summed E-state index contributed by atoms with van der Waals surface area (Å²) in [7, 11) is 0. The second-order valence-corrected chi connectivity index (χ2v) is 13.1. The molecule has 10 aromatic rings. The lowest BCUT2D eigenvalue weighted by molar-refractivity contribution is 1.28. The fourth-order valence-electron chi connectivity index (χ4n) is 7.31. The topological polar surface area (TPSA) is 3.24 Å². The molecule has 1 heteroatoms.